The number of carbonyl (C=O) groups is 1. The molecule has 1 heterocycles. The lowest BCUT2D eigenvalue weighted by atomic mass is 10.2. The Morgan fingerprint density at radius 3 is 3.00 bits per heavy atom. The van der Waals surface area contributed by atoms with Crippen LogP contribution in [-0.4, -0.2) is 19.0 Å². The molecule has 0 radical (unpaired) electrons. The van der Waals surface area contributed by atoms with E-state index < -0.39 is 6.04 Å². The first-order valence-electron chi connectivity index (χ1n) is 4.02. The van der Waals surface area contributed by atoms with Gasteiger partial charge in [-0.3, -0.25) is 4.79 Å². The van der Waals surface area contributed by atoms with Crippen molar-refractivity contribution in [3.8, 4) is 0 Å². The number of carbonyl (C=O) groups excluding carboxylic acids is 1. The maximum absolute atomic E-state index is 11.3. The molecule has 0 aliphatic carbocycles. The van der Waals surface area contributed by atoms with Crippen molar-refractivity contribution >= 4 is 17.2 Å². The fourth-order valence-electron chi connectivity index (χ4n) is 0.903. The molecule has 1 amide bonds. The fraction of sp³-hybridized carbons (Fsp3) is 0.375. The first-order chi connectivity index (χ1) is 6.25. The van der Waals surface area contributed by atoms with Crippen LogP contribution >= 0.6 is 11.3 Å². The molecule has 1 aromatic heterocycles. The molecule has 4 nitrogen and oxygen atoms in total. The van der Waals surface area contributed by atoms with Crippen LogP contribution in [0.2, 0.25) is 0 Å². The molecule has 1 rings (SSSR count). The van der Waals surface area contributed by atoms with Gasteiger partial charge in [-0.05, 0) is 11.4 Å². The van der Waals surface area contributed by atoms with Crippen molar-refractivity contribution in [1.29, 1.82) is 0 Å². The molecule has 1 unspecified atom stereocenters. The average molecular weight is 199 g/mol. The quantitative estimate of drug-likeness (QED) is 0.629. The van der Waals surface area contributed by atoms with E-state index in [1.54, 1.807) is 0 Å². The van der Waals surface area contributed by atoms with Crippen molar-refractivity contribution in [3.05, 3.63) is 22.4 Å². The molecule has 5 N–H and O–H groups in total. The van der Waals surface area contributed by atoms with Gasteiger partial charge in [-0.1, -0.05) is 6.07 Å². The van der Waals surface area contributed by atoms with Gasteiger partial charge in [-0.15, -0.1) is 11.3 Å². The van der Waals surface area contributed by atoms with E-state index >= 15 is 0 Å². The summed E-state index contributed by atoms with van der Waals surface area (Å²) in [6.45, 7) is 0.904. The summed E-state index contributed by atoms with van der Waals surface area (Å²) in [5, 5.41) is 4.53. The van der Waals surface area contributed by atoms with Crippen LogP contribution in [0.25, 0.3) is 0 Å². The van der Waals surface area contributed by atoms with Crippen LogP contribution in [-0.2, 0) is 4.79 Å². The Morgan fingerprint density at radius 2 is 2.46 bits per heavy atom. The van der Waals surface area contributed by atoms with Gasteiger partial charge in [-0.2, -0.15) is 0 Å². The summed E-state index contributed by atoms with van der Waals surface area (Å²) < 4.78 is 0. The minimum Gasteiger partial charge on any atom is -0.353 e. The predicted molar refractivity (Wildman–Crippen MR) is 53.3 cm³/mol. The van der Waals surface area contributed by atoms with Gasteiger partial charge < -0.3 is 16.8 Å². The average Bonchev–Trinajstić information content (AvgIpc) is 2.65. The lowest BCUT2D eigenvalue weighted by Crippen LogP contribution is -2.36. The molecule has 72 valence electrons. The second kappa shape index (κ2) is 4.96. The topological polar surface area (TPSA) is 81.1 Å². The lowest BCUT2D eigenvalue weighted by molar-refractivity contribution is -0.122. The zero-order chi connectivity index (χ0) is 9.68. The predicted octanol–water partition coefficient (Wildman–Crippen LogP) is -0.177. The maximum atomic E-state index is 11.3. The third-order valence-corrected chi connectivity index (χ3v) is 2.53. The van der Waals surface area contributed by atoms with E-state index in [0.717, 1.165) is 4.88 Å². The minimum atomic E-state index is -0.563. The summed E-state index contributed by atoms with van der Waals surface area (Å²) in [6.07, 6.45) is 0. The highest BCUT2D eigenvalue weighted by molar-refractivity contribution is 7.10. The highest BCUT2D eigenvalue weighted by Gasteiger charge is 2.15. The molecule has 13 heavy (non-hydrogen) atoms. The summed E-state index contributed by atoms with van der Waals surface area (Å²) >= 11 is 1.48. The highest BCUT2D eigenvalue weighted by atomic mass is 32.1. The summed E-state index contributed by atoms with van der Waals surface area (Å²) in [6, 6.07) is 3.15. The van der Waals surface area contributed by atoms with E-state index in [2.05, 4.69) is 5.32 Å². The molecule has 0 spiro atoms. The third kappa shape index (κ3) is 2.80. The van der Waals surface area contributed by atoms with Crippen LogP contribution in [0.1, 0.15) is 10.9 Å². The lowest BCUT2D eigenvalue weighted by Gasteiger charge is -2.09. The zero-order valence-electron chi connectivity index (χ0n) is 7.19. The monoisotopic (exact) mass is 199 g/mol. The van der Waals surface area contributed by atoms with Gasteiger partial charge in [-0.25, -0.2) is 0 Å². The smallest absolute Gasteiger partial charge is 0.242 e. The molecule has 0 aromatic carbocycles. The summed E-state index contributed by atoms with van der Waals surface area (Å²) in [4.78, 5) is 12.2. The summed E-state index contributed by atoms with van der Waals surface area (Å²) in [7, 11) is 0. The Balaban J connectivity index is 2.48. The van der Waals surface area contributed by atoms with E-state index in [-0.39, 0.29) is 5.91 Å². The van der Waals surface area contributed by atoms with Crippen LogP contribution in [0.4, 0.5) is 0 Å². The molecule has 0 saturated carbocycles. The number of nitrogens with one attached hydrogen (secondary N) is 1. The Hall–Kier alpha value is -0.910. The van der Waals surface area contributed by atoms with Crippen molar-refractivity contribution in [1.82, 2.24) is 5.32 Å². The molecule has 0 aliphatic rings. The normalized spacial score (nSPS) is 12.5. The first kappa shape index (κ1) is 10.2. The van der Waals surface area contributed by atoms with Gasteiger partial charge in [0.15, 0.2) is 0 Å². The Bertz CT molecular complexity index is 260. The highest BCUT2D eigenvalue weighted by Crippen LogP contribution is 2.16. The van der Waals surface area contributed by atoms with Crippen LogP contribution in [0, 0.1) is 0 Å². The van der Waals surface area contributed by atoms with Crippen LogP contribution in [0.5, 0.6) is 0 Å². The maximum Gasteiger partial charge on any atom is 0.242 e. The number of nitrogens with two attached hydrogens (primary N) is 2. The molecule has 0 bridgehead atoms. The van der Waals surface area contributed by atoms with Gasteiger partial charge in [0.05, 0.1) is 0 Å². The minimum absolute atomic E-state index is 0.173. The second-order valence-electron chi connectivity index (χ2n) is 2.57. The summed E-state index contributed by atoms with van der Waals surface area (Å²) in [5.74, 6) is -0.173. The molecular formula is C8H13N3OS. The Kier molecular flexibility index (Phi) is 3.88. The standard InChI is InChI=1S/C8H13N3OS/c9-3-4-11-8(12)7(10)6-2-1-5-13-6/h1-2,5,7H,3-4,9-10H2,(H,11,12). The van der Waals surface area contributed by atoms with Crippen molar-refractivity contribution in [2.75, 3.05) is 13.1 Å². The molecule has 1 atom stereocenters. The molecule has 0 aliphatic heterocycles. The number of thiophene rings is 1. The van der Waals surface area contributed by atoms with E-state index in [0.29, 0.717) is 13.1 Å². The van der Waals surface area contributed by atoms with Crippen molar-refractivity contribution in [2.45, 2.75) is 6.04 Å². The van der Waals surface area contributed by atoms with Gasteiger partial charge in [0, 0.05) is 18.0 Å². The Morgan fingerprint density at radius 1 is 1.69 bits per heavy atom. The van der Waals surface area contributed by atoms with Crippen LogP contribution < -0.4 is 16.8 Å². The van der Waals surface area contributed by atoms with E-state index in [4.69, 9.17) is 11.5 Å². The van der Waals surface area contributed by atoms with Crippen molar-refractivity contribution in [3.63, 3.8) is 0 Å². The number of hydrogen-bond acceptors (Lipinski definition) is 4. The van der Waals surface area contributed by atoms with Gasteiger partial charge >= 0.3 is 0 Å². The number of rotatable bonds is 4. The molecule has 5 heteroatoms. The van der Waals surface area contributed by atoms with Gasteiger partial charge in [0.25, 0.3) is 0 Å². The number of hydrogen-bond donors (Lipinski definition) is 3. The third-order valence-electron chi connectivity index (χ3n) is 1.58. The summed E-state index contributed by atoms with van der Waals surface area (Å²) in [5.41, 5.74) is 10.9. The van der Waals surface area contributed by atoms with E-state index in [1.807, 2.05) is 17.5 Å². The van der Waals surface area contributed by atoms with E-state index in [9.17, 15) is 4.79 Å². The second-order valence-corrected chi connectivity index (χ2v) is 3.55. The molecule has 1 aromatic rings. The molecule has 0 fully saturated rings. The SMILES string of the molecule is NCCNC(=O)C(N)c1cccs1. The van der Waals surface area contributed by atoms with Crippen molar-refractivity contribution in [2.24, 2.45) is 11.5 Å². The van der Waals surface area contributed by atoms with Crippen LogP contribution in [0.3, 0.4) is 0 Å². The fourth-order valence-corrected chi connectivity index (χ4v) is 1.63. The van der Waals surface area contributed by atoms with Crippen LogP contribution in [0.15, 0.2) is 17.5 Å². The van der Waals surface area contributed by atoms with Gasteiger partial charge in [0.2, 0.25) is 5.91 Å². The number of amides is 1. The van der Waals surface area contributed by atoms with E-state index in [1.165, 1.54) is 11.3 Å². The van der Waals surface area contributed by atoms with Gasteiger partial charge in [0.1, 0.15) is 6.04 Å². The Labute approximate surface area is 80.9 Å². The molecular weight excluding hydrogens is 186 g/mol. The molecule has 0 saturated heterocycles. The largest absolute Gasteiger partial charge is 0.353 e. The van der Waals surface area contributed by atoms with Crippen molar-refractivity contribution < 1.29 is 4.79 Å². The zero-order valence-corrected chi connectivity index (χ0v) is 8.01. The first-order valence-corrected chi connectivity index (χ1v) is 4.90.